The third-order valence-electron chi connectivity index (χ3n) is 4.24. The predicted molar refractivity (Wildman–Crippen MR) is 119 cm³/mol. The summed E-state index contributed by atoms with van der Waals surface area (Å²) < 4.78 is 11.4. The number of hydrogen-bond donors (Lipinski definition) is 2. The zero-order valence-electron chi connectivity index (χ0n) is 16.2. The molecule has 4 aromatic rings. The lowest BCUT2D eigenvalue weighted by molar-refractivity contribution is -0.383. The molecule has 0 bridgehead atoms. The van der Waals surface area contributed by atoms with Gasteiger partial charge in [-0.1, -0.05) is 22.9 Å². The molecule has 0 saturated heterocycles. The molecule has 158 valence electrons. The van der Waals surface area contributed by atoms with Crippen LogP contribution in [-0.2, 0) is 0 Å². The van der Waals surface area contributed by atoms with Gasteiger partial charge in [0.2, 0.25) is 11.6 Å². The smallest absolute Gasteiger partial charge is 0.353 e. The lowest BCUT2D eigenvalue weighted by Crippen LogP contribution is -2.06. The van der Waals surface area contributed by atoms with Crippen molar-refractivity contribution in [2.24, 2.45) is 0 Å². The first-order chi connectivity index (χ1) is 15.0. The molecule has 0 aliphatic heterocycles. The van der Waals surface area contributed by atoms with Crippen LogP contribution in [0.3, 0.4) is 0 Å². The van der Waals surface area contributed by atoms with E-state index in [1.807, 2.05) is 12.1 Å². The second-order valence-corrected chi connectivity index (χ2v) is 7.59. The standard InChI is InChI=1S/C19H15ClN6O4S/c1-29-11-4-5-12-15(8-11)31-19(24-12)25-18-16(26(27)28)17(21-9-22-18)23-13-7-10(20)3-6-14(13)30-2/h3-9H,1-2H3,(H2,21,22,23,24,25). The number of nitro groups is 1. The Kier molecular flexibility index (Phi) is 5.69. The average molecular weight is 459 g/mol. The molecule has 0 amide bonds. The monoisotopic (exact) mass is 458 g/mol. The summed E-state index contributed by atoms with van der Waals surface area (Å²) in [4.78, 5) is 23.8. The molecule has 2 heterocycles. The Balaban J connectivity index is 1.71. The lowest BCUT2D eigenvalue weighted by Gasteiger charge is -2.12. The van der Waals surface area contributed by atoms with Gasteiger partial charge in [-0.3, -0.25) is 10.1 Å². The van der Waals surface area contributed by atoms with Crippen molar-refractivity contribution < 1.29 is 14.4 Å². The summed E-state index contributed by atoms with van der Waals surface area (Å²) in [7, 11) is 3.06. The molecule has 2 N–H and O–H groups in total. The maximum absolute atomic E-state index is 11.9. The van der Waals surface area contributed by atoms with Crippen LogP contribution in [0.5, 0.6) is 11.5 Å². The Hall–Kier alpha value is -3.70. The number of rotatable bonds is 7. The van der Waals surface area contributed by atoms with Gasteiger partial charge in [-0.05, 0) is 36.4 Å². The van der Waals surface area contributed by atoms with Crippen molar-refractivity contribution in [3.05, 3.63) is 57.9 Å². The van der Waals surface area contributed by atoms with Crippen molar-refractivity contribution in [3.63, 3.8) is 0 Å². The highest BCUT2D eigenvalue weighted by molar-refractivity contribution is 7.22. The molecule has 2 aromatic heterocycles. The molecular weight excluding hydrogens is 444 g/mol. The number of benzene rings is 2. The van der Waals surface area contributed by atoms with Crippen LogP contribution in [0.1, 0.15) is 0 Å². The van der Waals surface area contributed by atoms with E-state index in [4.69, 9.17) is 21.1 Å². The van der Waals surface area contributed by atoms with Gasteiger partial charge in [0, 0.05) is 5.02 Å². The van der Waals surface area contributed by atoms with Gasteiger partial charge in [0.05, 0.1) is 35.0 Å². The van der Waals surface area contributed by atoms with E-state index in [0.29, 0.717) is 27.3 Å². The van der Waals surface area contributed by atoms with Crippen molar-refractivity contribution >= 4 is 61.3 Å². The van der Waals surface area contributed by atoms with Crippen LogP contribution in [0.15, 0.2) is 42.7 Å². The number of halogens is 1. The lowest BCUT2D eigenvalue weighted by atomic mass is 10.3. The molecule has 0 aliphatic rings. The maximum Gasteiger partial charge on any atom is 0.353 e. The Morgan fingerprint density at radius 1 is 1.06 bits per heavy atom. The minimum Gasteiger partial charge on any atom is -0.497 e. The zero-order valence-corrected chi connectivity index (χ0v) is 17.8. The van der Waals surface area contributed by atoms with Gasteiger partial charge < -0.3 is 20.1 Å². The van der Waals surface area contributed by atoms with Crippen LogP contribution in [-0.4, -0.2) is 34.1 Å². The highest BCUT2D eigenvalue weighted by Gasteiger charge is 2.25. The van der Waals surface area contributed by atoms with E-state index >= 15 is 0 Å². The highest BCUT2D eigenvalue weighted by atomic mass is 35.5. The molecule has 4 rings (SSSR count). The molecule has 10 nitrogen and oxygen atoms in total. The largest absolute Gasteiger partial charge is 0.497 e. The topological polar surface area (TPSA) is 124 Å². The second-order valence-electron chi connectivity index (χ2n) is 6.12. The third kappa shape index (κ3) is 4.27. The zero-order chi connectivity index (χ0) is 22.0. The molecule has 0 spiro atoms. The SMILES string of the molecule is COc1ccc2nc(Nc3ncnc(Nc4cc(Cl)ccc4OC)c3[N+](=O)[O-])sc2c1. The van der Waals surface area contributed by atoms with Gasteiger partial charge in [0.25, 0.3) is 0 Å². The van der Waals surface area contributed by atoms with E-state index in [1.165, 1.54) is 24.8 Å². The summed E-state index contributed by atoms with van der Waals surface area (Å²) >= 11 is 7.37. The number of nitrogens with one attached hydrogen (secondary N) is 2. The third-order valence-corrected chi connectivity index (χ3v) is 5.41. The molecule has 0 atom stereocenters. The van der Waals surface area contributed by atoms with Crippen LogP contribution in [0, 0.1) is 10.1 Å². The molecule has 12 heteroatoms. The number of methoxy groups -OCH3 is 2. The first kappa shape index (κ1) is 20.6. The first-order valence-electron chi connectivity index (χ1n) is 8.80. The Labute approximate surface area is 185 Å². The maximum atomic E-state index is 11.9. The summed E-state index contributed by atoms with van der Waals surface area (Å²) in [5.74, 6) is 1.12. The average Bonchev–Trinajstić information content (AvgIpc) is 3.15. The number of thiazole rings is 1. The van der Waals surface area contributed by atoms with Crippen molar-refractivity contribution in [1.29, 1.82) is 0 Å². The number of anilines is 4. The quantitative estimate of drug-likeness (QED) is 0.285. The summed E-state index contributed by atoms with van der Waals surface area (Å²) in [6, 6.07) is 10.3. The fraction of sp³-hybridized carbons (Fsp3) is 0.105. The highest BCUT2D eigenvalue weighted by Crippen LogP contribution is 2.38. The number of fused-ring (bicyclic) bond motifs is 1. The van der Waals surface area contributed by atoms with E-state index in [1.54, 1.807) is 31.4 Å². The number of hydrogen-bond acceptors (Lipinski definition) is 10. The fourth-order valence-corrected chi connectivity index (χ4v) is 3.89. The summed E-state index contributed by atoms with van der Waals surface area (Å²) in [5, 5.41) is 18.6. The summed E-state index contributed by atoms with van der Waals surface area (Å²) in [5.41, 5.74) is 0.809. The molecule has 31 heavy (non-hydrogen) atoms. The number of nitrogens with zero attached hydrogens (tertiary/aromatic N) is 4. The number of aromatic nitrogens is 3. The minimum atomic E-state index is -0.571. The molecule has 0 unspecified atom stereocenters. The Morgan fingerprint density at radius 3 is 2.55 bits per heavy atom. The van der Waals surface area contributed by atoms with Crippen LogP contribution < -0.4 is 20.1 Å². The summed E-state index contributed by atoms with van der Waals surface area (Å²) in [6.45, 7) is 0. The molecular formula is C19H15ClN6O4S. The Morgan fingerprint density at radius 2 is 1.84 bits per heavy atom. The summed E-state index contributed by atoms with van der Waals surface area (Å²) in [6.07, 6.45) is 1.21. The Bertz CT molecular complexity index is 1280. The van der Waals surface area contributed by atoms with Gasteiger partial charge in [0.15, 0.2) is 5.13 Å². The van der Waals surface area contributed by atoms with Gasteiger partial charge in [0.1, 0.15) is 17.8 Å². The molecule has 0 fully saturated rings. The van der Waals surface area contributed by atoms with Crippen molar-refractivity contribution in [2.75, 3.05) is 24.9 Å². The van der Waals surface area contributed by atoms with Crippen molar-refractivity contribution in [2.45, 2.75) is 0 Å². The van der Waals surface area contributed by atoms with Crippen LogP contribution in [0.25, 0.3) is 10.2 Å². The van der Waals surface area contributed by atoms with E-state index in [0.717, 1.165) is 10.2 Å². The number of ether oxygens (including phenoxy) is 2. The van der Waals surface area contributed by atoms with E-state index in [-0.39, 0.29) is 17.3 Å². The van der Waals surface area contributed by atoms with Gasteiger partial charge in [-0.25, -0.2) is 15.0 Å². The van der Waals surface area contributed by atoms with Crippen LogP contribution >= 0.6 is 22.9 Å². The molecule has 0 aliphatic carbocycles. The van der Waals surface area contributed by atoms with Gasteiger partial charge >= 0.3 is 5.69 Å². The van der Waals surface area contributed by atoms with Crippen LogP contribution in [0.2, 0.25) is 5.02 Å². The van der Waals surface area contributed by atoms with E-state index < -0.39 is 4.92 Å². The fourth-order valence-electron chi connectivity index (χ4n) is 2.83. The van der Waals surface area contributed by atoms with Gasteiger partial charge in [-0.15, -0.1) is 0 Å². The molecule has 0 saturated carbocycles. The van der Waals surface area contributed by atoms with Crippen LogP contribution in [0.4, 0.5) is 28.1 Å². The minimum absolute atomic E-state index is 0.00508. The predicted octanol–water partition coefficient (Wildman–Crippen LogP) is 5.15. The van der Waals surface area contributed by atoms with Crippen molar-refractivity contribution in [3.8, 4) is 11.5 Å². The normalized spacial score (nSPS) is 10.7. The van der Waals surface area contributed by atoms with E-state index in [2.05, 4.69) is 25.6 Å². The molecule has 2 aromatic carbocycles. The molecule has 0 radical (unpaired) electrons. The first-order valence-corrected chi connectivity index (χ1v) is 9.99. The van der Waals surface area contributed by atoms with Gasteiger partial charge in [-0.2, -0.15) is 0 Å². The van der Waals surface area contributed by atoms with E-state index in [9.17, 15) is 10.1 Å². The van der Waals surface area contributed by atoms with Crippen molar-refractivity contribution in [1.82, 2.24) is 15.0 Å². The second kappa shape index (κ2) is 8.58.